The minimum Gasteiger partial charge on any atom is -0.485 e. The van der Waals surface area contributed by atoms with Gasteiger partial charge in [-0.25, -0.2) is 0 Å². The van der Waals surface area contributed by atoms with Gasteiger partial charge in [-0.2, -0.15) is 0 Å². The van der Waals surface area contributed by atoms with E-state index in [-0.39, 0.29) is 6.23 Å². The maximum absolute atomic E-state index is 5.60. The Morgan fingerprint density at radius 1 is 1.47 bits per heavy atom. The van der Waals surface area contributed by atoms with Crippen LogP contribution in [0.1, 0.15) is 26.3 Å². The summed E-state index contributed by atoms with van der Waals surface area (Å²) >= 11 is 0. The molecule has 1 aromatic heterocycles. The molecule has 1 aromatic rings. The number of aromatic nitrogens is 1. The highest BCUT2D eigenvalue weighted by Crippen LogP contribution is 2.16. The van der Waals surface area contributed by atoms with Crippen molar-refractivity contribution in [3.63, 3.8) is 0 Å². The summed E-state index contributed by atoms with van der Waals surface area (Å²) in [6, 6.07) is 1.92. The van der Waals surface area contributed by atoms with Gasteiger partial charge in [-0.15, -0.1) is 0 Å². The Kier molecular flexibility index (Phi) is 5.33. The number of ether oxygens (including phenoxy) is 2. The minimum absolute atomic E-state index is 0.0404. The van der Waals surface area contributed by atoms with Gasteiger partial charge < -0.3 is 14.8 Å². The van der Waals surface area contributed by atoms with Crippen LogP contribution in [0.5, 0.6) is 5.75 Å². The molecular formula is C13H20N2O2. The Bertz CT molecular complexity index is 377. The number of rotatable bonds is 3. The van der Waals surface area contributed by atoms with E-state index in [1.165, 1.54) is 0 Å². The van der Waals surface area contributed by atoms with Crippen molar-refractivity contribution in [2.45, 2.75) is 33.9 Å². The van der Waals surface area contributed by atoms with Crippen molar-refractivity contribution in [3.05, 3.63) is 36.0 Å². The first kappa shape index (κ1) is 13.4. The predicted octanol–water partition coefficient (Wildman–Crippen LogP) is 2.60. The molecule has 0 saturated carbocycles. The monoisotopic (exact) mass is 236 g/mol. The Morgan fingerprint density at radius 2 is 2.24 bits per heavy atom. The fourth-order valence-corrected chi connectivity index (χ4v) is 1.35. The molecule has 1 aliphatic rings. The van der Waals surface area contributed by atoms with Crippen LogP contribution in [0.4, 0.5) is 0 Å². The third kappa shape index (κ3) is 3.98. The maximum atomic E-state index is 5.60. The third-order valence-corrected chi connectivity index (χ3v) is 2.18. The third-order valence-electron chi connectivity index (χ3n) is 2.18. The lowest BCUT2D eigenvalue weighted by Crippen LogP contribution is -2.22. The van der Waals surface area contributed by atoms with E-state index in [1.807, 2.05) is 33.8 Å². The lowest BCUT2D eigenvalue weighted by Gasteiger charge is -2.09. The van der Waals surface area contributed by atoms with Gasteiger partial charge in [-0.1, -0.05) is 13.8 Å². The molecular weight excluding hydrogens is 216 g/mol. The second-order valence-corrected chi connectivity index (χ2v) is 3.50. The Morgan fingerprint density at radius 3 is 2.82 bits per heavy atom. The van der Waals surface area contributed by atoms with Gasteiger partial charge in [0.15, 0.2) is 6.23 Å². The summed E-state index contributed by atoms with van der Waals surface area (Å²) in [6.45, 7) is 8.42. The van der Waals surface area contributed by atoms with Gasteiger partial charge >= 0.3 is 0 Å². The van der Waals surface area contributed by atoms with Crippen molar-refractivity contribution in [1.29, 1.82) is 0 Å². The fraction of sp³-hybridized carbons (Fsp3) is 0.462. The van der Waals surface area contributed by atoms with Crippen LogP contribution in [0.3, 0.4) is 0 Å². The molecule has 2 rings (SSSR count). The van der Waals surface area contributed by atoms with Gasteiger partial charge in [0, 0.05) is 6.20 Å². The van der Waals surface area contributed by atoms with Crippen LogP contribution in [-0.2, 0) is 4.74 Å². The number of nitrogens with zero attached hydrogens (tertiary/aromatic N) is 1. The van der Waals surface area contributed by atoms with Crippen molar-refractivity contribution in [1.82, 2.24) is 10.3 Å². The van der Waals surface area contributed by atoms with Crippen molar-refractivity contribution >= 4 is 0 Å². The molecule has 0 saturated heterocycles. The molecule has 0 spiro atoms. The van der Waals surface area contributed by atoms with E-state index in [1.54, 1.807) is 18.7 Å². The lowest BCUT2D eigenvalue weighted by molar-refractivity contribution is 0.170. The fourth-order valence-electron chi connectivity index (χ4n) is 1.35. The van der Waals surface area contributed by atoms with E-state index in [2.05, 4.69) is 10.3 Å². The summed E-state index contributed by atoms with van der Waals surface area (Å²) in [5.74, 6) is 0.805. The van der Waals surface area contributed by atoms with E-state index in [4.69, 9.17) is 9.47 Å². The molecule has 2 heterocycles. The molecule has 1 unspecified atom stereocenters. The first-order chi connectivity index (χ1) is 8.25. The molecule has 0 aromatic carbocycles. The molecule has 0 amide bonds. The van der Waals surface area contributed by atoms with E-state index >= 15 is 0 Å². The molecule has 1 aliphatic heterocycles. The van der Waals surface area contributed by atoms with Crippen molar-refractivity contribution in [2.24, 2.45) is 0 Å². The summed E-state index contributed by atoms with van der Waals surface area (Å²) in [4.78, 5) is 4.01. The Balaban J connectivity index is 0.000000686. The van der Waals surface area contributed by atoms with Gasteiger partial charge in [0.1, 0.15) is 18.6 Å². The lowest BCUT2D eigenvalue weighted by atomic mass is 10.3. The zero-order valence-electron chi connectivity index (χ0n) is 10.9. The highest BCUT2D eigenvalue weighted by Gasteiger charge is 2.12. The van der Waals surface area contributed by atoms with E-state index in [9.17, 15) is 0 Å². The van der Waals surface area contributed by atoms with Crippen LogP contribution in [0.25, 0.3) is 0 Å². The van der Waals surface area contributed by atoms with Gasteiger partial charge in [0.25, 0.3) is 0 Å². The second kappa shape index (κ2) is 6.78. The SMILES string of the molecule is CC.Cc1ccncc1OCC1=COC(C)N1. The molecule has 4 heteroatoms. The Labute approximate surface area is 103 Å². The first-order valence-electron chi connectivity index (χ1n) is 5.90. The van der Waals surface area contributed by atoms with E-state index < -0.39 is 0 Å². The van der Waals surface area contributed by atoms with Crippen molar-refractivity contribution < 1.29 is 9.47 Å². The average molecular weight is 236 g/mol. The molecule has 0 radical (unpaired) electrons. The van der Waals surface area contributed by atoms with E-state index in [0.29, 0.717) is 6.61 Å². The van der Waals surface area contributed by atoms with Crippen LogP contribution in [-0.4, -0.2) is 17.8 Å². The number of hydrogen-bond acceptors (Lipinski definition) is 4. The van der Waals surface area contributed by atoms with Gasteiger partial charge in [0.05, 0.1) is 11.9 Å². The first-order valence-corrected chi connectivity index (χ1v) is 5.90. The number of hydrogen-bond donors (Lipinski definition) is 1. The maximum Gasteiger partial charge on any atom is 0.166 e. The quantitative estimate of drug-likeness (QED) is 0.876. The van der Waals surface area contributed by atoms with Crippen LogP contribution in [0.15, 0.2) is 30.4 Å². The number of pyridine rings is 1. The summed E-state index contributed by atoms with van der Waals surface area (Å²) < 4.78 is 10.8. The molecule has 0 aliphatic carbocycles. The Hall–Kier alpha value is -1.71. The molecule has 4 nitrogen and oxygen atoms in total. The van der Waals surface area contributed by atoms with Crippen LogP contribution >= 0.6 is 0 Å². The average Bonchev–Trinajstić information content (AvgIpc) is 2.77. The minimum atomic E-state index is 0.0404. The molecule has 17 heavy (non-hydrogen) atoms. The van der Waals surface area contributed by atoms with Gasteiger partial charge in [-0.05, 0) is 25.5 Å². The smallest absolute Gasteiger partial charge is 0.166 e. The highest BCUT2D eigenvalue weighted by atomic mass is 16.5. The van der Waals surface area contributed by atoms with E-state index in [0.717, 1.165) is 17.0 Å². The molecule has 94 valence electrons. The van der Waals surface area contributed by atoms with Crippen LogP contribution in [0, 0.1) is 6.92 Å². The molecule has 1 N–H and O–H groups in total. The normalized spacial score (nSPS) is 17.2. The van der Waals surface area contributed by atoms with Gasteiger partial charge in [-0.3, -0.25) is 4.98 Å². The topological polar surface area (TPSA) is 43.4 Å². The highest BCUT2D eigenvalue weighted by molar-refractivity contribution is 5.28. The van der Waals surface area contributed by atoms with Gasteiger partial charge in [0.2, 0.25) is 0 Å². The van der Waals surface area contributed by atoms with Crippen LogP contribution < -0.4 is 10.1 Å². The molecule has 0 bridgehead atoms. The molecule has 1 atom stereocenters. The summed E-state index contributed by atoms with van der Waals surface area (Å²) in [7, 11) is 0. The zero-order chi connectivity index (χ0) is 12.7. The zero-order valence-corrected chi connectivity index (χ0v) is 10.9. The predicted molar refractivity (Wildman–Crippen MR) is 67.6 cm³/mol. The van der Waals surface area contributed by atoms with Crippen molar-refractivity contribution in [3.8, 4) is 5.75 Å². The summed E-state index contributed by atoms with van der Waals surface area (Å²) in [6.07, 6.45) is 5.20. The number of aryl methyl sites for hydroxylation is 1. The summed E-state index contributed by atoms with van der Waals surface area (Å²) in [5, 5.41) is 3.14. The molecule has 0 fully saturated rings. The van der Waals surface area contributed by atoms with Crippen molar-refractivity contribution in [2.75, 3.05) is 6.61 Å². The largest absolute Gasteiger partial charge is 0.485 e. The standard InChI is InChI=1S/C11H14N2O2.C2H6/c1-8-3-4-12-5-11(8)15-7-10-6-14-9(2)13-10;1-2/h3-6,9,13H,7H2,1-2H3;1-2H3. The number of nitrogens with one attached hydrogen (secondary N) is 1. The van der Waals surface area contributed by atoms with Crippen LogP contribution in [0.2, 0.25) is 0 Å². The summed E-state index contributed by atoms with van der Waals surface area (Å²) in [5.41, 5.74) is 2.03. The second-order valence-electron chi connectivity index (χ2n) is 3.50.